The fourth-order valence-electron chi connectivity index (χ4n) is 3.15. The van der Waals surface area contributed by atoms with E-state index in [0.29, 0.717) is 0 Å². The quantitative estimate of drug-likeness (QED) is 0.909. The average Bonchev–Trinajstić information content (AvgIpc) is 3.22. The third-order valence-corrected chi connectivity index (χ3v) is 5.80. The van der Waals surface area contributed by atoms with Crippen LogP contribution in [0.4, 0.5) is 0 Å². The maximum Gasteiger partial charge on any atom is 0.262 e. The van der Waals surface area contributed by atoms with E-state index in [1.54, 1.807) is 30.5 Å². The van der Waals surface area contributed by atoms with Crippen molar-refractivity contribution in [2.24, 2.45) is 16.6 Å². The molecule has 1 saturated carbocycles. The van der Waals surface area contributed by atoms with E-state index in [9.17, 15) is 9.90 Å². The van der Waals surface area contributed by atoms with Gasteiger partial charge in [-0.05, 0) is 48.6 Å². The summed E-state index contributed by atoms with van der Waals surface area (Å²) in [5, 5.41) is 9.66. The van der Waals surface area contributed by atoms with Crippen molar-refractivity contribution in [3.63, 3.8) is 0 Å². The standard InChI is InChI=1S/C17H17N3O2S/c1-20-15(22)17(11-5-6-11,19-16(20)18)14-8-7-13(23-14)10-3-2-4-12(21)9-10/h2-4,7-9,11,21H,5-6H2,1H3,(H2,18,19). The number of hydrogen-bond acceptors (Lipinski definition) is 5. The molecular formula is C17H17N3O2S. The Kier molecular flexibility index (Phi) is 2.99. The SMILES string of the molecule is CN1C(=O)C(c2ccc(-c3cccc(O)c3)s2)(C2CC2)N=C1N. The number of amides is 1. The number of phenolic OH excluding ortho intramolecular Hbond substituents is 1. The first kappa shape index (κ1) is 14.3. The monoisotopic (exact) mass is 327 g/mol. The van der Waals surface area contributed by atoms with Crippen molar-refractivity contribution in [2.75, 3.05) is 7.05 Å². The summed E-state index contributed by atoms with van der Waals surface area (Å²) in [6.07, 6.45) is 1.99. The number of carbonyl (C=O) groups is 1. The van der Waals surface area contributed by atoms with Crippen LogP contribution in [0, 0.1) is 5.92 Å². The highest BCUT2D eigenvalue weighted by Crippen LogP contribution is 2.53. The van der Waals surface area contributed by atoms with Crippen molar-refractivity contribution in [1.82, 2.24) is 4.90 Å². The summed E-state index contributed by atoms with van der Waals surface area (Å²) in [5.41, 5.74) is 6.00. The lowest BCUT2D eigenvalue weighted by Crippen LogP contribution is -2.41. The van der Waals surface area contributed by atoms with Gasteiger partial charge >= 0.3 is 0 Å². The van der Waals surface area contributed by atoms with Gasteiger partial charge in [-0.2, -0.15) is 0 Å². The molecule has 1 aromatic heterocycles. The van der Waals surface area contributed by atoms with Crippen LogP contribution in [0.25, 0.3) is 10.4 Å². The van der Waals surface area contributed by atoms with E-state index in [0.717, 1.165) is 28.2 Å². The molecule has 6 heteroatoms. The van der Waals surface area contributed by atoms with Crippen molar-refractivity contribution in [1.29, 1.82) is 0 Å². The summed E-state index contributed by atoms with van der Waals surface area (Å²) >= 11 is 1.55. The zero-order valence-electron chi connectivity index (χ0n) is 12.7. The highest BCUT2D eigenvalue weighted by molar-refractivity contribution is 7.15. The summed E-state index contributed by atoms with van der Waals surface area (Å²) in [6, 6.07) is 11.1. The fraction of sp³-hybridized carbons (Fsp3) is 0.294. The molecule has 0 radical (unpaired) electrons. The third-order valence-electron chi connectivity index (χ3n) is 4.55. The topological polar surface area (TPSA) is 78.9 Å². The van der Waals surface area contributed by atoms with Crippen LogP contribution in [0.5, 0.6) is 5.75 Å². The molecular weight excluding hydrogens is 310 g/mol. The molecule has 4 rings (SSSR count). The largest absolute Gasteiger partial charge is 0.508 e. The second-order valence-electron chi connectivity index (χ2n) is 6.09. The average molecular weight is 327 g/mol. The third kappa shape index (κ3) is 2.05. The minimum atomic E-state index is -0.849. The zero-order valence-corrected chi connectivity index (χ0v) is 13.5. The van der Waals surface area contributed by atoms with E-state index in [1.807, 2.05) is 24.3 Å². The van der Waals surface area contributed by atoms with Crippen molar-refractivity contribution in [2.45, 2.75) is 18.4 Å². The molecule has 1 aliphatic heterocycles. The number of phenols is 1. The number of aliphatic imine (C=N–C) groups is 1. The Morgan fingerprint density at radius 2 is 2.13 bits per heavy atom. The van der Waals surface area contributed by atoms with Gasteiger partial charge in [-0.25, -0.2) is 4.99 Å². The number of aromatic hydroxyl groups is 1. The Balaban J connectivity index is 1.80. The van der Waals surface area contributed by atoms with Gasteiger partial charge in [-0.3, -0.25) is 9.69 Å². The molecule has 2 aliphatic rings. The molecule has 0 bridgehead atoms. The molecule has 23 heavy (non-hydrogen) atoms. The number of benzene rings is 1. The lowest BCUT2D eigenvalue weighted by atomic mass is 9.91. The minimum absolute atomic E-state index is 0.0400. The molecule has 118 valence electrons. The Morgan fingerprint density at radius 3 is 2.74 bits per heavy atom. The minimum Gasteiger partial charge on any atom is -0.508 e. The Bertz CT molecular complexity index is 825. The number of rotatable bonds is 3. The van der Waals surface area contributed by atoms with Crippen LogP contribution in [-0.4, -0.2) is 28.9 Å². The number of hydrogen-bond donors (Lipinski definition) is 2. The normalized spacial score (nSPS) is 24.1. The zero-order chi connectivity index (χ0) is 16.2. The van der Waals surface area contributed by atoms with Gasteiger partial charge in [0.05, 0.1) is 0 Å². The number of thiophene rings is 1. The maximum atomic E-state index is 12.8. The van der Waals surface area contributed by atoms with Crippen molar-refractivity contribution in [3.8, 4) is 16.2 Å². The van der Waals surface area contributed by atoms with E-state index < -0.39 is 5.54 Å². The molecule has 5 nitrogen and oxygen atoms in total. The van der Waals surface area contributed by atoms with E-state index in [2.05, 4.69) is 4.99 Å². The van der Waals surface area contributed by atoms with Crippen LogP contribution in [0.15, 0.2) is 41.4 Å². The molecule has 0 saturated heterocycles. The predicted molar refractivity (Wildman–Crippen MR) is 90.2 cm³/mol. The van der Waals surface area contributed by atoms with Gasteiger partial charge in [0, 0.05) is 16.8 Å². The van der Waals surface area contributed by atoms with Crippen molar-refractivity contribution < 1.29 is 9.90 Å². The molecule has 1 amide bonds. The predicted octanol–water partition coefficient (Wildman–Crippen LogP) is 2.51. The smallest absolute Gasteiger partial charge is 0.262 e. The maximum absolute atomic E-state index is 12.8. The van der Waals surface area contributed by atoms with Crippen LogP contribution in [0.2, 0.25) is 0 Å². The van der Waals surface area contributed by atoms with Crippen LogP contribution >= 0.6 is 11.3 Å². The highest BCUT2D eigenvalue weighted by Gasteiger charge is 2.58. The summed E-state index contributed by atoms with van der Waals surface area (Å²) < 4.78 is 0. The molecule has 2 heterocycles. The van der Waals surface area contributed by atoms with Gasteiger partial charge in [0.1, 0.15) is 5.75 Å². The van der Waals surface area contributed by atoms with Gasteiger partial charge in [-0.15, -0.1) is 11.3 Å². The fourth-order valence-corrected chi connectivity index (χ4v) is 4.36. The summed E-state index contributed by atoms with van der Waals surface area (Å²) in [4.78, 5) is 20.8. The molecule has 2 aromatic rings. The second kappa shape index (κ2) is 4.83. The molecule has 1 atom stereocenters. The van der Waals surface area contributed by atoms with Crippen LogP contribution < -0.4 is 5.73 Å². The Labute approximate surface area is 138 Å². The lowest BCUT2D eigenvalue weighted by Gasteiger charge is -2.23. The van der Waals surface area contributed by atoms with Gasteiger partial charge in [0.2, 0.25) is 0 Å². The van der Waals surface area contributed by atoms with E-state index in [1.165, 1.54) is 4.90 Å². The summed E-state index contributed by atoms with van der Waals surface area (Å²) in [6.45, 7) is 0. The van der Waals surface area contributed by atoms with Gasteiger partial charge in [0.25, 0.3) is 5.91 Å². The second-order valence-corrected chi connectivity index (χ2v) is 7.17. The number of guanidine groups is 1. The first-order chi connectivity index (χ1) is 11.0. The van der Waals surface area contributed by atoms with Crippen molar-refractivity contribution in [3.05, 3.63) is 41.3 Å². The molecule has 3 N–H and O–H groups in total. The van der Waals surface area contributed by atoms with E-state index in [-0.39, 0.29) is 23.5 Å². The number of nitrogens with zero attached hydrogens (tertiary/aromatic N) is 2. The van der Waals surface area contributed by atoms with Gasteiger partial charge in [0.15, 0.2) is 11.5 Å². The van der Waals surface area contributed by atoms with Gasteiger partial charge in [-0.1, -0.05) is 12.1 Å². The summed E-state index contributed by atoms with van der Waals surface area (Å²) in [5.74, 6) is 0.707. The number of likely N-dealkylation sites (N-methyl/N-ethyl adjacent to an activating group) is 1. The molecule has 1 aliphatic carbocycles. The highest BCUT2D eigenvalue weighted by atomic mass is 32.1. The molecule has 1 fully saturated rings. The lowest BCUT2D eigenvalue weighted by molar-refractivity contribution is -0.131. The van der Waals surface area contributed by atoms with E-state index in [4.69, 9.17) is 5.73 Å². The first-order valence-electron chi connectivity index (χ1n) is 7.55. The molecule has 1 aromatic carbocycles. The van der Waals surface area contributed by atoms with Crippen LogP contribution in [0.1, 0.15) is 17.7 Å². The van der Waals surface area contributed by atoms with Crippen LogP contribution in [-0.2, 0) is 10.3 Å². The molecule has 0 spiro atoms. The Hall–Kier alpha value is -2.34. The summed E-state index contributed by atoms with van der Waals surface area (Å²) in [7, 11) is 1.68. The Morgan fingerprint density at radius 1 is 1.35 bits per heavy atom. The molecule has 1 unspecified atom stereocenters. The van der Waals surface area contributed by atoms with Gasteiger partial charge < -0.3 is 10.8 Å². The van der Waals surface area contributed by atoms with Crippen molar-refractivity contribution >= 4 is 23.2 Å². The first-order valence-corrected chi connectivity index (χ1v) is 8.37. The van der Waals surface area contributed by atoms with E-state index >= 15 is 0 Å². The van der Waals surface area contributed by atoms with Crippen LogP contribution in [0.3, 0.4) is 0 Å². The number of nitrogens with two attached hydrogens (primary N) is 1. The number of carbonyl (C=O) groups excluding carboxylic acids is 1.